The molecule has 12 nitrogen and oxygen atoms in total. The molecule has 0 fully saturated rings. The summed E-state index contributed by atoms with van der Waals surface area (Å²) in [5, 5.41) is 31.7. The Labute approximate surface area is 294 Å². The second-order valence-corrected chi connectivity index (χ2v) is 11.9. The van der Waals surface area contributed by atoms with Crippen LogP contribution in [0.3, 0.4) is 0 Å². The van der Waals surface area contributed by atoms with E-state index in [-0.39, 0.29) is 42.1 Å². The Bertz CT molecular complexity index is 1870. The van der Waals surface area contributed by atoms with Crippen LogP contribution in [0.15, 0.2) is 85.0 Å². The number of unbranched alkanes of at least 4 members (excludes halogenated alkanes) is 2. The van der Waals surface area contributed by atoms with Crippen LogP contribution < -0.4 is 14.2 Å². The number of hydrogen-bond donors (Lipinski definition) is 2. The maximum absolute atomic E-state index is 13.8. The summed E-state index contributed by atoms with van der Waals surface area (Å²) in [6.07, 6.45) is 4.78. The molecule has 0 amide bonds. The molecule has 4 aromatic rings. The summed E-state index contributed by atoms with van der Waals surface area (Å²) < 4.78 is 31.8. The summed E-state index contributed by atoms with van der Waals surface area (Å²) >= 11 is 0. The van der Waals surface area contributed by atoms with Crippen LogP contribution in [0.25, 0.3) is 28.1 Å². The summed E-state index contributed by atoms with van der Waals surface area (Å²) in [6.45, 7) is 4.07. The first kappa shape index (κ1) is 38.3. The summed E-state index contributed by atoms with van der Waals surface area (Å²) in [5.41, 5.74) is 3.48. The molecule has 0 bridgehead atoms. The van der Waals surface area contributed by atoms with E-state index in [1.165, 1.54) is 43.5 Å². The zero-order valence-electron chi connectivity index (χ0n) is 28.6. The number of carbonyl (C=O) groups is 2. The SMILES string of the molecule is COc1cc(OC(=O)/C=C/CCCCO[N+](=O)[O-])ccc1OC(=O)C[C@H](O)C[C@H](O)/C=C/c1c(-c2ccc(F)cc2)c2ccccc2n1C(C)C. The maximum Gasteiger partial charge on any atom is 0.335 e. The van der Waals surface area contributed by atoms with E-state index in [9.17, 15) is 34.3 Å². The van der Waals surface area contributed by atoms with Gasteiger partial charge in [0.2, 0.25) is 0 Å². The predicted octanol–water partition coefficient (Wildman–Crippen LogP) is 7.00. The van der Waals surface area contributed by atoms with E-state index in [0.29, 0.717) is 19.3 Å². The van der Waals surface area contributed by atoms with Gasteiger partial charge in [0.25, 0.3) is 5.09 Å². The van der Waals surface area contributed by atoms with E-state index in [0.717, 1.165) is 27.7 Å². The van der Waals surface area contributed by atoms with Gasteiger partial charge < -0.3 is 33.8 Å². The Morgan fingerprint density at radius 3 is 2.45 bits per heavy atom. The average molecular weight is 705 g/mol. The van der Waals surface area contributed by atoms with Gasteiger partial charge in [-0.15, -0.1) is 10.1 Å². The van der Waals surface area contributed by atoms with Crippen molar-refractivity contribution in [1.29, 1.82) is 0 Å². The van der Waals surface area contributed by atoms with Gasteiger partial charge in [-0.3, -0.25) is 4.79 Å². The zero-order chi connectivity index (χ0) is 36.9. The third-order valence-electron chi connectivity index (χ3n) is 7.78. The summed E-state index contributed by atoms with van der Waals surface area (Å²) in [7, 11) is 1.35. The van der Waals surface area contributed by atoms with Gasteiger partial charge >= 0.3 is 11.9 Å². The van der Waals surface area contributed by atoms with Crippen LogP contribution in [0, 0.1) is 15.9 Å². The fourth-order valence-corrected chi connectivity index (χ4v) is 5.55. The van der Waals surface area contributed by atoms with Crippen molar-refractivity contribution in [2.75, 3.05) is 13.7 Å². The van der Waals surface area contributed by atoms with Crippen LogP contribution in [0.5, 0.6) is 17.2 Å². The zero-order valence-corrected chi connectivity index (χ0v) is 28.6. The predicted molar refractivity (Wildman–Crippen MR) is 188 cm³/mol. The Morgan fingerprint density at radius 1 is 1.00 bits per heavy atom. The van der Waals surface area contributed by atoms with Gasteiger partial charge in [-0.2, -0.15) is 0 Å². The first-order valence-corrected chi connectivity index (χ1v) is 16.4. The average Bonchev–Trinajstić information content (AvgIpc) is 3.42. The van der Waals surface area contributed by atoms with Crippen LogP contribution in [-0.2, 0) is 14.4 Å². The lowest BCUT2D eigenvalue weighted by molar-refractivity contribution is -0.757. The van der Waals surface area contributed by atoms with Gasteiger partial charge in [0.05, 0.1) is 32.3 Å². The van der Waals surface area contributed by atoms with E-state index in [4.69, 9.17) is 14.2 Å². The lowest BCUT2D eigenvalue weighted by Gasteiger charge is -2.16. The van der Waals surface area contributed by atoms with E-state index in [1.54, 1.807) is 30.4 Å². The maximum atomic E-state index is 13.8. The number of aromatic nitrogens is 1. The van der Waals surface area contributed by atoms with Crippen LogP contribution in [0.2, 0.25) is 0 Å². The molecule has 51 heavy (non-hydrogen) atoms. The molecule has 0 aliphatic carbocycles. The monoisotopic (exact) mass is 704 g/mol. The number of halogens is 1. The molecule has 2 atom stereocenters. The van der Waals surface area contributed by atoms with Gasteiger partial charge in [0.1, 0.15) is 11.6 Å². The quantitative estimate of drug-likeness (QED) is 0.0276. The highest BCUT2D eigenvalue weighted by atomic mass is 19.1. The number of nitrogens with zero attached hydrogens (tertiary/aromatic N) is 2. The molecule has 270 valence electrons. The van der Waals surface area contributed by atoms with Gasteiger partial charge in [-0.25, -0.2) is 9.18 Å². The van der Waals surface area contributed by atoms with Gasteiger partial charge in [-0.05, 0) is 75.1 Å². The largest absolute Gasteiger partial charge is 0.493 e. The molecule has 0 spiro atoms. The normalized spacial score (nSPS) is 12.8. The summed E-state index contributed by atoms with van der Waals surface area (Å²) in [4.78, 5) is 39.2. The van der Waals surface area contributed by atoms with E-state index < -0.39 is 35.7 Å². The number of ether oxygens (including phenoxy) is 3. The highest BCUT2D eigenvalue weighted by Crippen LogP contribution is 2.38. The Balaban J connectivity index is 1.35. The molecule has 2 N–H and O–H groups in total. The third kappa shape index (κ3) is 11.0. The number of aliphatic hydroxyl groups excluding tert-OH is 2. The lowest BCUT2D eigenvalue weighted by Crippen LogP contribution is -2.22. The van der Waals surface area contributed by atoms with Crippen molar-refractivity contribution in [3.8, 4) is 28.4 Å². The van der Waals surface area contributed by atoms with Crippen LogP contribution in [0.1, 0.15) is 57.7 Å². The smallest absolute Gasteiger partial charge is 0.335 e. The molecule has 1 aromatic heterocycles. The highest BCUT2D eigenvalue weighted by Gasteiger charge is 2.21. The Morgan fingerprint density at radius 2 is 1.75 bits per heavy atom. The van der Waals surface area contributed by atoms with Crippen LogP contribution >= 0.6 is 0 Å². The number of hydrogen-bond acceptors (Lipinski definition) is 10. The highest BCUT2D eigenvalue weighted by molar-refractivity contribution is 6.01. The second kappa shape index (κ2) is 18.5. The number of fused-ring (bicyclic) bond motifs is 1. The Hall–Kier alpha value is -5.53. The number of esters is 2. The number of aliphatic hydroxyl groups is 2. The van der Waals surface area contributed by atoms with Crippen molar-refractivity contribution >= 4 is 28.9 Å². The number of para-hydroxylation sites is 1. The summed E-state index contributed by atoms with van der Waals surface area (Å²) in [5.74, 6) is -1.49. The molecule has 13 heteroatoms. The standard InChI is InChI=1S/C38H41FN2O10/c1-25(2)40-32-11-8-7-10-31(32)38(26-13-15-27(39)16-14-26)33(40)19-17-28(42)22-29(43)23-37(45)51-34-20-18-30(24-35(34)48-3)50-36(44)12-6-4-5-9-21-49-41(46)47/h6-8,10-20,24-25,28-29,42-43H,4-5,9,21-23H2,1-3H3/b12-6+,19-17+/t28-,29-/m1/s1. The van der Waals surface area contributed by atoms with Gasteiger partial charge in [-0.1, -0.05) is 42.5 Å². The molecule has 0 saturated carbocycles. The number of benzene rings is 3. The molecular formula is C38H41FN2O10. The summed E-state index contributed by atoms with van der Waals surface area (Å²) in [6, 6.07) is 18.3. The van der Waals surface area contributed by atoms with Crippen molar-refractivity contribution in [3.05, 3.63) is 107 Å². The van der Waals surface area contributed by atoms with Gasteiger partial charge in [0, 0.05) is 46.8 Å². The number of rotatable bonds is 18. The van der Waals surface area contributed by atoms with E-state index in [2.05, 4.69) is 9.40 Å². The Kier molecular flexibility index (Phi) is 13.9. The van der Waals surface area contributed by atoms with Crippen LogP contribution in [0.4, 0.5) is 4.39 Å². The van der Waals surface area contributed by atoms with Crippen molar-refractivity contribution < 1.29 is 48.3 Å². The molecule has 0 unspecified atom stereocenters. The molecular weight excluding hydrogens is 663 g/mol. The molecule has 4 rings (SSSR count). The van der Waals surface area contributed by atoms with Crippen molar-refractivity contribution in [2.24, 2.45) is 0 Å². The molecule has 0 aliphatic heterocycles. The van der Waals surface area contributed by atoms with E-state index >= 15 is 0 Å². The topological polar surface area (TPSA) is 160 Å². The van der Waals surface area contributed by atoms with Crippen molar-refractivity contribution in [3.63, 3.8) is 0 Å². The number of methoxy groups -OCH3 is 1. The van der Waals surface area contributed by atoms with Crippen molar-refractivity contribution in [1.82, 2.24) is 4.57 Å². The van der Waals surface area contributed by atoms with Crippen molar-refractivity contribution in [2.45, 2.75) is 64.2 Å². The molecule has 3 aromatic carbocycles. The second-order valence-electron chi connectivity index (χ2n) is 11.9. The minimum absolute atomic E-state index is 0.0197. The number of carbonyl (C=O) groups excluding carboxylic acids is 2. The molecule has 1 heterocycles. The molecule has 0 saturated heterocycles. The lowest BCUT2D eigenvalue weighted by atomic mass is 10.0. The van der Waals surface area contributed by atoms with Gasteiger partial charge in [0.15, 0.2) is 11.5 Å². The minimum Gasteiger partial charge on any atom is -0.493 e. The molecule has 0 aliphatic rings. The fourth-order valence-electron chi connectivity index (χ4n) is 5.55. The first-order chi connectivity index (χ1) is 24.5. The fraction of sp³-hybridized carbons (Fsp3) is 0.316. The minimum atomic E-state index is -1.23. The van der Waals surface area contributed by atoms with Crippen LogP contribution in [-0.4, -0.2) is 57.7 Å². The number of allylic oxidation sites excluding steroid dienone is 1. The van der Waals surface area contributed by atoms with E-state index in [1.807, 2.05) is 38.1 Å². The third-order valence-corrected chi connectivity index (χ3v) is 7.78. The molecule has 0 radical (unpaired) electrons. The first-order valence-electron chi connectivity index (χ1n) is 16.4.